The van der Waals surface area contributed by atoms with E-state index >= 15 is 0 Å². The van der Waals surface area contributed by atoms with Crippen LogP contribution in [0.3, 0.4) is 0 Å². The van der Waals surface area contributed by atoms with E-state index in [0.717, 1.165) is 52.4 Å². The first-order valence-electron chi connectivity index (χ1n) is 8.77. The molecule has 0 radical (unpaired) electrons. The van der Waals surface area contributed by atoms with E-state index in [0.29, 0.717) is 5.92 Å². The summed E-state index contributed by atoms with van der Waals surface area (Å²) in [7, 11) is 0. The summed E-state index contributed by atoms with van der Waals surface area (Å²) in [6.07, 6.45) is 2.57. The molecule has 0 fully saturated rings. The van der Waals surface area contributed by atoms with E-state index in [1.54, 1.807) is 0 Å². The third kappa shape index (κ3) is 3.54. The topological polar surface area (TPSA) is 52.0 Å². The maximum atomic E-state index is 6.66. The fourth-order valence-electron chi connectivity index (χ4n) is 3.33. The molecule has 4 N–H and O–H groups in total. The lowest BCUT2D eigenvalue weighted by molar-refractivity contribution is 0.864. The number of nitrogens with two attached hydrogens (primary N) is 2. The number of nitrogen functional groups attached to an aromatic ring is 2. The largest absolute Gasteiger partial charge is 0.398 e. The molecular weight excluding hydrogens is 316 g/mol. The van der Waals surface area contributed by atoms with Crippen molar-refractivity contribution in [2.45, 2.75) is 59.8 Å². The van der Waals surface area contributed by atoms with Crippen LogP contribution in [-0.4, -0.2) is 0 Å². The van der Waals surface area contributed by atoms with E-state index in [9.17, 15) is 0 Å². The Morgan fingerprint density at radius 1 is 0.958 bits per heavy atom. The van der Waals surface area contributed by atoms with Crippen LogP contribution in [-0.2, 0) is 19.3 Å². The summed E-state index contributed by atoms with van der Waals surface area (Å²) >= 11 is 6.66. The minimum Gasteiger partial charge on any atom is -0.398 e. The zero-order chi connectivity index (χ0) is 18.0. The molecule has 0 aromatic heterocycles. The first kappa shape index (κ1) is 18.7. The van der Waals surface area contributed by atoms with Crippen LogP contribution in [0.1, 0.15) is 67.0 Å². The van der Waals surface area contributed by atoms with E-state index in [1.165, 1.54) is 16.7 Å². The van der Waals surface area contributed by atoms with Gasteiger partial charge in [-0.3, -0.25) is 0 Å². The van der Waals surface area contributed by atoms with E-state index < -0.39 is 0 Å². The molecule has 0 aliphatic carbocycles. The highest BCUT2D eigenvalue weighted by atomic mass is 35.5. The molecule has 0 bridgehead atoms. The first-order valence-corrected chi connectivity index (χ1v) is 9.15. The second-order valence-corrected chi connectivity index (χ2v) is 7.23. The van der Waals surface area contributed by atoms with E-state index in [4.69, 9.17) is 23.1 Å². The van der Waals surface area contributed by atoms with Crippen LogP contribution >= 0.6 is 11.6 Å². The quantitative estimate of drug-likeness (QED) is 0.688. The van der Waals surface area contributed by atoms with Gasteiger partial charge in [-0.2, -0.15) is 0 Å². The minimum atomic E-state index is 0.406. The van der Waals surface area contributed by atoms with Gasteiger partial charge in [-0.25, -0.2) is 0 Å². The SMILES string of the molecule is CCc1cc(Cc2cc(C)c(N)c(C(C)C)c2)c(Cl)c(CC)c1N. The van der Waals surface area contributed by atoms with Crippen LogP contribution in [0.15, 0.2) is 18.2 Å². The Hall–Kier alpha value is -1.67. The van der Waals surface area contributed by atoms with Gasteiger partial charge in [-0.05, 0) is 65.5 Å². The van der Waals surface area contributed by atoms with Gasteiger partial charge in [0, 0.05) is 16.4 Å². The van der Waals surface area contributed by atoms with Crippen LogP contribution in [0, 0.1) is 6.92 Å². The molecule has 2 nitrogen and oxygen atoms in total. The van der Waals surface area contributed by atoms with Gasteiger partial charge in [0.2, 0.25) is 0 Å². The van der Waals surface area contributed by atoms with E-state index in [2.05, 4.69) is 52.8 Å². The second kappa shape index (κ2) is 7.48. The van der Waals surface area contributed by atoms with Crippen molar-refractivity contribution in [3.05, 3.63) is 56.6 Å². The second-order valence-electron chi connectivity index (χ2n) is 6.86. The molecule has 0 amide bonds. The first-order chi connectivity index (χ1) is 11.3. The molecule has 0 saturated heterocycles. The van der Waals surface area contributed by atoms with Crippen molar-refractivity contribution in [1.82, 2.24) is 0 Å². The van der Waals surface area contributed by atoms with Gasteiger partial charge in [0.15, 0.2) is 0 Å². The summed E-state index contributed by atoms with van der Waals surface area (Å²) in [5, 5.41) is 0.813. The Labute approximate surface area is 151 Å². The summed E-state index contributed by atoms with van der Waals surface area (Å²) in [5.41, 5.74) is 21.3. The average Bonchev–Trinajstić information content (AvgIpc) is 2.53. The Balaban J connectivity index is 2.52. The molecule has 0 spiro atoms. The molecule has 0 saturated carbocycles. The minimum absolute atomic E-state index is 0.406. The van der Waals surface area contributed by atoms with E-state index in [1.807, 2.05) is 0 Å². The molecular formula is C21H29ClN2. The Morgan fingerprint density at radius 3 is 2.17 bits per heavy atom. The fraction of sp³-hybridized carbons (Fsp3) is 0.429. The Morgan fingerprint density at radius 2 is 1.62 bits per heavy atom. The third-order valence-corrected chi connectivity index (χ3v) is 5.27. The lowest BCUT2D eigenvalue weighted by atomic mass is 9.91. The summed E-state index contributed by atoms with van der Waals surface area (Å²) in [6, 6.07) is 6.56. The fourth-order valence-corrected chi connectivity index (χ4v) is 3.68. The molecule has 0 heterocycles. The zero-order valence-electron chi connectivity index (χ0n) is 15.5. The number of hydrogen-bond acceptors (Lipinski definition) is 2. The molecule has 24 heavy (non-hydrogen) atoms. The van der Waals surface area contributed by atoms with Gasteiger partial charge in [0.05, 0.1) is 0 Å². The molecule has 0 aliphatic heterocycles. The summed E-state index contributed by atoms with van der Waals surface area (Å²) in [5.74, 6) is 0.406. The molecule has 0 unspecified atom stereocenters. The smallest absolute Gasteiger partial charge is 0.0493 e. The van der Waals surface area contributed by atoms with Crippen molar-refractivity contribution in [3.63, 3.8) is 0 Å². The summed E-state index contributed by atoms with van der Waals surface area (Å²) < 4.78 is 0. The van der Waals surface area contributed by atoms with Crippen molar-refractivity contribution < 1.29 is 0 Å². The highest BCUT2D eigenvalue weighted by Gasteiger charge is 2.15. The van der Waals surface area contributed by atoms with Crippen LogP contribution < -0.4 is 11.5 Å². The van der Waals surface area contributed by atoms with Crippen molar-refractivity contribution in [3.8, 4) is 0 Å². The number of hydrogen-bond donors (Lipinski definition) is 2. The molecule has 2 rings (SSSR count). The van der Waals surface area contributed by atoms with Gasteiger partial charge in [0.1, 0.15) is 0 Å². The molecule has 130 valence electrons. The normalized spacial score (nSPS) is 11.3. The Kier molecular flexibility index (Phi) is 5.82. The van der Waals surface area contributed by atoms with E-state index in [-0.39, 0.29) is 0 Å². The number of rotatable bonds is 5. The third-order valence-electron chi connectivity index (χ3n) is 4.80. The number of anilines is 2. The van der Waals surface area contributed by atoms with Crippen LogP contribution in [0.4, 0.5) is 11.4 Å². The lowest BCUT2D eigenvalue weighted by Crippen LogP contribution is -2.05. The van der Waals surface area contributed by atoms with Crippen LogP contribution in [0.5, 0.6) is 0 Å². The highest BCUT2D eigenvalue weighted by Crippen LogP contribution is 2.34. The summed E-state index contributed by atoms with van der Waals surface area (Å²) in [6.45, 7) is 10.7. The average molecular weight is 345 g/mol. The predicted octanol–water partition coefficient (Wildman–Crippen LogP) is 5.65. The predicted molar refractivity (Wildman–Crippen MR) is 107 cm³/mol. The monoisotopic (exact) mass is 344 g/mol. The van der Waals surface area contributed by atoms with Gasteiger partial charge < -0.3 is 11.5 Å². The highest BCUT2D eigenvalue weighted by molar-refractivity contribution is 6.32. The molecule has 0 aliphatic rings. The van der Waals surface area contributed by atoms with Crippen LogP contribution in [0.2, 0.25) is 5.02 Å². The maximum Gasteiger partial charge on any atom is 0.0493 e. The standard InChI is InChI=1S/C21H29ClN2/c1-6-15-11-16(19(22)17(7-2)21(15)24)9-14-8-13(5)20(23)18(10-14)12(3)4/h8,10-12H,6-7,9,23-24H2,1-5H3. The Bertz CT molecular complexity index is 748. The molecule has 2 aromatic carbocycles. The lowest BCUT2D eigenvalue weighted by Gasteiger charge is -2.18. The van der Waals surface area contributed by atoms with Crippen molar-refractivity contribution >= 4 is 23.0 Å². The molecule has 3 heteroatoms. The zero-order valence-corrected chi connectivity index (χ0v) is 16.2. The number of halogens is 1. The van der Waals surface area contributed by atoms with Crippen molar-refractivity contribution in [1.29, 1.82) is 0 Å². The summed E-state index contributed by atoms with van der Waals surface area (Å²) in [4.78, 5) is 0. The van der Waals surface area contributed by atoms with Gasteiger partial charge in [0.25, 0.3) is 0 Å². The number of benzene rings is 2. The van der Waals surface area contributed by atoms with Crippen molar-refractivity contribution in [2.75, 3.05) is 11.5 Å². The van der Waals surface area contributed by atoms with Gasteiger partial charge in [-0.1, -0.05) is 57.5 Å². The van der Waals surface area contributed by atoms with Crippen molar-refractivity contribution in [2.24, 2.45) is 0 Å². The molecule has 0 atom stereocenters. The molecule has 2 aromatic rings. The number of aryl methyl sites for hydroxylation is 2. The van der Waals surface area contributed by atoms with Crippen LogP contribution in [0.25, 0.3) is 0 Å². The van der Waals surface area contributed by atoms with Gasteiger partial charge in [-0.15, -0.1) is 0 Å². The van der Waals surface area contributed by atoms with Gasteiger partial charge >= 0.3 is 0 Å². The maximum absolute atomic E-state index is 6.66.